The summed E-state index contributed by atoms with van der Waals surface area (Å²) in [5, 5.41) is 9.84. The average molecular weight is 252 g/mol. The standard InChI is InChI=1S/C13H20N2OS/c1-10-11(2)17-8-7-15(10)12(16)13(9-14)5-3-4-6-13/h10-11H,3-8H2,1-2H3. The first-order valence-corrected chi connectivity index (χ1v) is 7.49. The first kappa shape index (κ1) is 12.8. The third kappa shape index (κ3) is 2.18. The molecule has 2 atom stereocenters. The predicted molar refractivity (Wildman–Crippen MR) is 69.6 cm³/mol. The average Bonchev–Trinajstić information content (AvgIpc) is 2.82. The Morgan fingerprint density at radius 1 is 1.41 bits per heavy atom. The van der Waals surface area contributed by atoms with Gasteiger partial charge in [0.25, 0.3) is 0 Å². The van der Waals surface area contributed by atoms with Gasteiger partial charge in [0.1, 0.15) is 5.41 Å². The lowest BCUT2D eigenvalue weighted by molar-refractivity contribution is -0.140. The lowest BCUT2D eigenvalue weighted by atomic mass is 9.85. The number of rotatable bonds is 1. The van der Waals surface area contributed by atoms with Gasteiger partial charge in [0.05, 0.1) is 6.07 Å². The quantitative estimate of drug-likeness (QED) is 0.720. The van der Waals surface area contributed by atoms with Crippen molar-refractivity contribution < 1.29 is 4.79 Å². The molecule has 1 amide bonds. The van der Waals surface area contributed by atoms with Gasteiger partial charge >= 0.3 is 0 Å². The van der Waals surface area contributed by atoms with E-state index >= 15 is 0 Å². The molecule has 0 N–H and O–H groups in total. The number of carbonyl (C=O) groups excluding carboxylic acids is 1. The van der Waals surface area contributed by atoms with Crippen LogP contribution in [0.4, 0.5) is 0 Å². The molecule has 1 aliphatic heterocycles. The maximum atomic E-state index is 12.6. The molecule has 3 nitrogen and oxygen atoms in total. The van der Waals surface area contributed by atoms with Gasteiger partial charge in [0.15, 0.2) is 0 Å². The second-order valence-corrected chi connectivity index (χ2v) is 6.70. The molecule has 4 heteroatoms. The van der Waals surface area contributed by atoms with Gasteiger partial charge in [-0.15, -0.1) is 0 Å². The molecule has 2 aliphatic rings. The van der Waals surface area contributed by atoms with Gasteiger partial charge in [0, 0.05) is 23.6 Å². The highest BCUT2D eigenvalue weighted by molar-refractivity contribution is 8.00. The van der Waals surface area contributed by atoms with Gasteiger partial charge < -0.3 is 4.90 Å². The molecule has 2 unspecified atom stereocenters. The summed E-state index contributed by atoms with van der Waals surface area (Å²) >= 11 is 1.92. The SMILES string of the molecule is CC1SCCN(C(=O)C2(C#N)CCCC2)C1C. The van der Waals surface area contributed by atoms with Gasteiger partial charge in [-0.1, -0.05) is 19.8 Å². The Balaban J connectivity index is 2.16. The van der Waals surface area contributed by atoms with Crippen LogP contribution in [0.25, 0.3) is 0 Å². The molecule has 94 valence electrons. The molecule has 1 saturated carbocycles. The van der Waals surface area contributed by atoms with Crippen molar-refractivity contribution in [2.45, 2.75) is 50.8 Å². The van der Waals surface area contributed by atoms with Gasteiger partial charge in [0.2, 0.25) is 5.91 Å². The van der Waals surface area contributed by atoms with E-state index in [0.717, 1.165) is 38.0 Å². The van der Waals surface area contributed by atoms with Crippen LogP contribution in [0, 0.1) is 16.7 Å². The zero-order valence-corrected chi connectivity index (χ0v) is 11.4. The van der Waals surface area contributed by atoms with E-state index in [1.807, 2.05) is 16.7 Å². The van der Waals surface area contributed by atoms with E-state index < -0.39 is 5.41 Å². The Kier molecular flexibility index (Phi) is 3.67. The summed E-state index contributed by atoms with van der Waals surface area (Å²) < 4.78 is 0. The van der Waals surface area contributed by atoms with Crippen molar-refractivity contribution in [1.82, 2.24) is 4.90 Å². The van der Waals surface area contributed by atoms with Crippen molar-refractivity contribution >= 4 is 17.7 Å². The molecule has 1 heterocycles. The van der Waals surface area contributed by atoms with Crippen LogP contribution in [-0.2, 0) is 4.79 Å². The van der Waals surface area contributed by atoms with E-state index in [4.69, 9.17) is 0 Å². The van der Waals surface area contributed by atoms with Crippen molar-refractivity contribution in [2.75, 3.05) is 12.3 Å². The summed E-state index contributed by atoms with van der Waals surface area (Å²) in [7, 11) is 0. The fourth-order valence-electron chi connectivity index (χ4n) is 2.85. The van der Waals surface area contributed by atoms with E-state index in [0.29, 0.717) is 5.25 Å². The molecule has 0 bridgehead atoms. The third-order valence-corrected chi connectivity index (χ3v) is 5.56. The number of carbonyl (C=O) groups is 1. The molecule has 1 saturated heterocycles. The van der Waals surface area contributed by atoms with Crippen LogP contribution in [0.15, 0.2) is 0 Å². The van der Waals surface area contributed by atoms with Crippen molar-refractivity contribution in [1.29, 1.82) is 5.26 Å². The summed E-state index contributed by atoms with van der Waals surface area (Å²) in [6.07, 6.45) is 3.55. The monoisotopic (exact) mass is 252 g/mol. The Hall–Kier alpha value is -0.690. The van der Waals surface area contributed by atoms with Crippen LogP contribution in [0.2, 0.25) is 0 Å². The second-order valence-electron chi connectivity index (χ2n) is 5.22. The molecule has 2 fully saturated rings. The highest BCUT2D eigenvalue weighted by Gasteiger charge is 2.46. The Morgan fingerprint density at radius 2 is 2.06 bits per heavy atom. The number of nitriles is 1. The number of hydrogen-bond acceptors (Lipinski definition) is 3. The zero-order chi connectivity index (χ0) is 12.5. The first-order chi connectivity index (χ1) is 8.10. The summed E-state index contributed by atoms with van der Waals surface area (Å²) in [4.78, 5) is 14.6. The van der Waals surface area contributed by atoms with Crippen molar-refractivity contribution in [3.8, 4) is 6.07 Å². The number of thioether (sulfide) groups is 1. The van der Waals surface area contributed by atoms with Crippen LogP contribution in [0.5, 0.6) is 0 Å². The van der Waals surface area contributed by atoms with Crippen LogP contribution >= 0.6 is 11.8 Å². The Labute approximate surface area is 108 Å². The van der Waals surface area contributed by atoms with Crippen LogP contribution in [0.3, 0.4) is 0 Å². The first-order valence-electron chi connectivity index (χ1n) is 6.45. The largest absolute Gasteiger partial charge is 0.337 e. The second kappa shape index (κ2) is 4.89. The van der Waals surface area contributed by atoms with Crippen molar-refractivity contribution in [3.05, 3.63) is 0 Å². The molecule has 0 spiro atoms. The molecule has 0 aromatic carbocycles. The molecule has 1 aliphatic carbocycles. The van der Waals surface area contributed by atoms with E-state index in [1.165, 1.54) is 0 Å². The van der Waals surface area contributed by atoms with E-state index in [-0.39, 0.29) is 11.9 Å². The maximum absolute atomic E-state index is 12.6. The highest BCUT2D eigenvalue weighted by atomic mass is 32.2. The third-order valence-electron chi connectivity index (χ3n) is 4.23. The summed E-state index contributed by atoms with van der Waals surface area (Å²) in [6, 6.07) is 2.57. The molecule has 0 aromatic rings. The fourth-order valence-corrected chi connectivity index (χ4v) is 3.95. The molecular weight excluding hydrogens is 232 g/mol. The van der Waals surface area contributed by atoms with Crippen LogP contribution in [0.1, 0.15) is 39.5 Å². The van der Waals surface area contributed by atoms with Gasteiger partial charge in [-0.3, -0.25) is 4.79 Å². The molecule has 0 radical (unpaired) electrons. The lowest BCUT2D eigenvalue weighted by Crippen LogP contribution is -2.52. The Morgan fingerprint density at radius 3 is 2.65 bits per heavy atom. The molecule has 17 heavy (non-hydrogen) atoms. The van der Waals surface area contributed by atoms with Crippen LogP contribution < -0.4 is 0 Å². The predicted octanol–water partition coefficient (Wildman–Crippen LogP) is 2.42. The fraction of sp³-hybridized carbons (Fsp3) is 0.846. The van der Waals surface area contributed by atoms with Gasteiger partial charge in [-0.2, -0.15) is 17.0 Å². The van der Waals surface area contributed by atoms with Crippen LogP contribution in [-0.4, -0.2) is 34.4 Å². The van der Waals surface area contributed by atoms with Gasteiger partial charge in [-0.25, -0.2) is 0 Å². The summed E-state index contributed by atoms with van der Waals surface area (Å²) in [5.41, 5.74) is -0.698. The van der Waals surface area contributed by atoms with Crippen molar-refractivity contribution in [3.63, 3.8) is 0 Å². The minimum absolute atomic E-state index is 0.0946. The normalized spacial score (nSPS) is 32.2. The summed E-state index contributed by atoms with van der Waals surface area (Å²) in [6.45, 7) is 5.08. The smallest absolute Gasteiger partial charge is 0.243 e. The van der Waals surface area contributed by atoms with Gasteiger partial charge in [-0.05, 0) is 19.8 Å². The molecule has 0 aromatic heterocycles. The number of hydrogen-bond donors (Lipinski definition) is 0. The number of amides is 1. The molecular formula is C13H20N2OS. The molecule has 2 rings (SSSR count). The topological polar surface area (TPSA) is 44.1 Å². The summed E-state index contributed by atoms with van der Waals surface area (Å²) in [5.74, 6) is 1.09. The minimum Gasteiger partial charge on any atom is -0.337 e. The minimum atomic E-state index is -0.698. The van der Waals surface area contributed by atoms with E-state index in [1.54, 1.807) is 0 Å². The van der Waals surface area contributed by atoms with E-state index in [2.05, 4.69) is 19.9 Å². The number of nitrogens with zero attached hydrogens (tertiary/aromatic N) is 2. The highest BCUT2D eigenvalue weighted by Crippen LogP contribution is 2.40. The zero-order valence-electron chi connectivity index (χ0n) is 10.6. The van der Waals surface area contributed by atoms with E-state index in [9.17, 15) is 10.1 Å². The van der Waals surface area contributed by atoms with Crippen molar-refractivity contribution in [2.24, 2.45) is 5.41 Å². The lowest BCUT2D eigenvalue weighted by Gasteiger charge is -2.40. The Bertz CT molecular complexity index is 344. The maximum Gasteiger partial charge on any atom is 0.243 e.